The first-order valence-corrected chi connectivity index (χ1v) is 4.36. The minimum Gasteiger partial charge on any atom is -0.487 e. The highest BCUT2D eigenvalue weighted by atomic mass is 16.6. The molecule has 0 spiro atoms. The molecule has 1 N–H and O–H groups in total. The number of hydrogen-bond acceptors (Lipinski definition) is 4. The molecule has 5 heteroatoms. The van der Waals surface area contributed by atoms with Crippen LogP contribution in [0.3, 0.4) is 0 Å². The van der Waals surface area contributed by atoms with Gasteiger partial charge in [0.25, 0.3) is 5.69 Å². The van der Waals surface area contributed by atoms with Crippen molar-refractivity contribution in [3.63, 3.8) is 0 Å². The van der Waals surface area contributed by atoms with Crippen molar-refractivity contribution in [2.75, 3.05) is 11.9 Å². The maximum absolute atomic E-state index is 10.5. The normalized spacial score (nSPS) is 19.1. The van der Waals surface area contributed by atoms with Crippen LogP contribution in [0.5, 0.6) is 5.75 Å². The van der Waals surface area contributed by atoms with E-state index in [2.05, 4.69) is 5.32 Å². The summed E-state index contributed by atoms with van der Waals surface area (Å²) in [6.07, 6.45) is 0.101. The van der Waals surface area contributed by atoms with E-state index in [1.165, 1.54) is 12.1 Å². The lowest BCUT2D eigenvalue weighted by Gasteiger charge is -2.24. The van der Waals surface area contributed by atoms with Gasteiger partial charge in [0, 0.05) is 12.1 Å². The molecule has 1 aliphatic rings. The number of nitrogens with zero attached hydrogens (tertiary/aromatic N) is 1. The van der Waals surface area contributed by atoms with Gasteiger partial charge < -0.3 is 10.1 Å². The first-order valence-electron chi connectivity index (χ1n) is 4.36. The SMILES string of the molecule is C[C@H]1CNc2cc([N+](=O)[O-])ccc2O1. The van der Waals surface area contributed by atoms with Gasteiger partial charge in [-0.15, -0.1) is 0 Å². The first kappa shape index (κ1) is 8.80. The lowest BCUT2D eigenvalue weighted by Crippen LogP contribution is -2.27. The van der Waals surface area contributed by atoms with Crippen LogP contribution in [0.1, 0.15) is 6.92 Å². The molecule has 0 bridgehead atoms. The molecule has 1 aromatic rings. The Kier molecular flexibility index (Phi) is 1.99. The number of nitrogens with one attached hydrogen (secondary N) is 1. The van der Waals surface area contributed by atoms with Gasteiger partial charge in [0.2, 0.25) is 0 Å². The number of ether oxygens (including phenoxy) is 1. The summed E-state index contributed by atoms with van der Waals surface area (Å²) in [6.45, 7) is 2.62. The summed E-state index contributed by atoms with van der Waals surface area (Å²) in [4.78, 5) is 10.1. The van der Waals surface area contributed by atoms with E-state index >= 15 is 0 Å². The van der Waals surface area contributed by atoms with Crippen molar-refractivity contribution in [3.05, 3.63) is 28.3 Å². The molecule has 1 atom stereocenters. The number of nitro groups is 1. The number of nitro benzene ring substituents is 1. The predicted molar refractivity (Wildman–Crippen MR) is 51.7 cm³/mol. The fraction of sp³-hybridized carbons (Fsp3) is 0.333. The molecule has 0 saturated heterocycles. The van der Waals surface area contributed by atoms with Crippen LogP contribution in [0.15, 0.2) is 18.2 Å². The number of anilines is 1. The molecular weight excluding hydrogens is 184 g/mol. The molecule has 5 nitrogen and oxygen atoms in total. The molecule has 2 rings (SSSR count). The summed E-state index contributed by atoms with van der Waals surface area (Å²) in [5.74, 6) is 0.675. The van der Waals surface area contributed by atoms with E-state index in [4.69, 9.17) is 4.74 Å². The maximum Gasteiger partial charge on any atom is 0.271 e. The smallest absolute Gasteiger partial charge is 0.271 e. The molecule has 0 radical (unpaired) electrons. The van der Waals surface area contributed by atoms with Gasteiger partial charge in [0.05, 0.1) is 17.2 Å². The quantitative estimate of drug-likeness (QED) is 0.546. The summed E-state index contributed by atoms with van der Waals surface area (Å²) >= 11 is 0. The lowest BCUT2D eigenvalue weighted by atomic mass is 10.2. The molecule has 1 heterocycles. The van der Waals surface area contributed by atoms with Gasteiger partial charge in [-0.05, 0) is 13.0 Å². The molecular formula is C9H10N2O3. The second-order valence-electron chi connectivity index (χ2n) is 3.25. The highest BCUT2D eigenvalue weighted by molar-refractivity contribution is 5.62. The molecule has 1 aliphatic heterocycles. The third-order valence-electron chi connectivity index (χ3n) is 2.08. The van der Waals surface area contributed by atoms with E-state index in [0.29, 0.717) is 18.0 Å². The van der Waals surface area contributed by atoms with E-state index in [-0.39, 0.29) is 11.8 Å². The molecule has 0 amide bonds. The van der Waals surface area contributed by atoms with Crippen LogP contribution in [0.25, 0.3) is 0 Å². The van der Waals surface area contributed by atoms with Crippen LogP contribution >= 0.6 is 0 Å². The van der Waals surface area contributed by atoms with Gasteiger partial charge in [0.1, 0.15) is 11.9 Å². The Morgan fingerprint density at radius 2 is 2.43 bits per heavy atom. The summed E-state index contributed by atoms with van der Waals surface area (Å²) < 4.78 is 5.48. The van der Waals surface area contributed by atoms with E-state index in [1.54, 1.807) is 6.07 Å². The van der Waals surface area contributed by atoms with Crippen LogP contribution in [-0.4, -0.2) is 17.6 Å². The summed E-state index contributed by atoms with van der Waals surface area (Å²) in [5, 5.41) is 13.6. The Morgan fingerprint density at radius 1 is 1.64 bits per heavy atom. The fourth-order valence-electron chi connectivity index (χ4n) is 1.38. The Morgan fingerprint density at radius 3 is 3.14 bits per heavy atom. The zero-order valence-corrected chi connectivity index (χ0v) is 7.69. The van der Waals surface area contributed by atoms with Crippen molar-refractivity contribution < 1.29 is 9.66 Å². The van der Waals surface area contributed by atoms with Gasteiger partial charge >= 0.3 is 0 Å². The van der Waals surface area contributed by atoms with E-state index in [1.807, 2.05) is 6.92 Å². The molecule has 0 saturated carbocycles. The summed E-state index contributed by atoms with van der Waals surface area (Å²) in [6, 6.07) is 4.55. The fourth-order valence-corrected chi connectivity index (χ4v) is 1.38. The number of hydrogen-bond donors (Lipinski definition) is 1. The average molecular weight is 194 g/mol. The molecule has 74 valence electrons. The summed E-state index contributed by atoms with van der Waals surface area (Å²) in [7, 11) is 0. The highest BCUT2D eigenvalue weighted by Gasteiger charge is 2.18. The van der Waals surface area contributed by atoms with E-state index < -0.39 is 4.92 Å². The summed E-state index contributed by atoms with van der Waals surface area (Å²) in [5.41, 5.74) is 0.770. The van der Waals surface area contributed by atoms with Crippen molar-refractivity contribution in [1.29, 1.82) is 0 Å². The van der Waals surface area contributed by atoms with Gasteiger partial charge in [-0.25, -0.2) is 0 Å². The van der Waals surface area contributed by atoms with Crippen LogP contribution in [0.2, 0.25) is 0 Å². The van der Waals surface area contributed by atoms with Crippen molar-refractivity contribution in [2.24, 2.45) is 0 Å². The maximum atomic E-state index is 10.5. The minimum atomic E-state index is -0.417. The topological polar surface area (TPSA) is 64.4 Å². The lowest BCUT2D eigenvalue weighted by molar-refractivity contribution is -0.384. The van der Waals surface area contributed by atoms with E-state index in [9.17, 15) is 10.1 Å². The van der Waals surface area contributed by atoms with Gasteiger partial charge in [-0.2, -0.15) is 0 Å². The monoisotopic (exact) mass is 194 g/mol. The zero-order valence-electron chi connectivity index (χ0n) is 7.69. The molecule has 0 aromatic heterocycles. The molecule has 14 heavy (non-hydrogen) atoms. The van der Waals surface area contributed by atoms with Crippen molar-refractivity contribution >= 4 is 11.4 Å². The van der Waals surface area contributed by atoms with Gasteiger partial charge in [0.15, 0.2) is 0 Å². The molecule has 0 unspecified atom stereocenters. The van der Waals surface area contributed by atoms with E-state index in [0.717, 1.165) is 0 Å². The standard InChI is InChI=1S/C9H10N2O3/c1-6-5-10-8-4-7(11(12)13)2-3-9(8)14-6/h2-4,6,10H,5H2,1H3/t6-/m0/s1. The van der Waals surface area contributed by atoms with Gasteiger partial charge in [-0.1, -0.05) is 0 Å². The van der Waals surface area contributed by atoms with Crippen LogP contribution < -0.4 is 10.1 Å². The Bertz CT molecular complexity index is 378. The van der Waals surface area contributed by atoms with Crippen LogP contribution in [0, 0.1) is 10.1 Å². The molecule has 0 fully saturated rings. The van der Waals surface area contributed by atoms with Crippen molar-refractivity contribution in [2.45, 2.75) is 13.0 Å². The minimum absolute atomic E-state index is 0.0782. The van der Waals surface area contributed by atoms with Crippen LogP contribution in [-0.2, 0) is 0 Å². The third kappa shape index (κ3) is 1.48. The molecule has 0 aliphatic carbocycles. The first-order chi connectivity index (χ1) is 6.66. The number of fused-ring (bicyclic) bond motifs is 1. The predicted octanol–water partition coefficient (Wildman–Crippen LogP) is 1.79. The van der Waals surface area contributed by atoms with Crippen LogP contribution in [0.4, 0.5) is 11.4 Å². The number of rotatable bonds is 1. The van der Waals surface area contributed by atoms with Gasteiger partial charge in [-0.3, -0.25) is 10.1 Å². The number of non-ortho nitro benzene ring substituents is 1. The Labute approximate surface area is 80.8 Å². The second-order valence-corrected chi connectivity index (χ2v) is 3.25. The highest BCUT2D eigenvalue weighted by Crippen LogP contribution is 2.32. The van der Waals surface area contributed by atoms with Crippen molar-refractivity contribution in [1.82, 2.24) is 0 Å². The zero-order chi connectivity index (χ0) is 10.1. The number of benzene rings is 1. The van der Waals surface area contributed by atoms with Crippen molar-refractivity contribution in [3.8, 4) is 5.75 Å². The third-order valence-corrected chi connectivity index (χ3v) is 2.08. The second kappa shape index (κ2) is 3.17. The Hall–Kier alpha value is -1.78. The average Bonchev–Trinajstić information content (AvgIpc) is 2.16. The largest absolute Gasteiger partial charge is 0.487 e. The molecule has 1 aromatic carbocycles. The Balaban J connectivity index is 2.36.